The number of carbonyl (C=O) groups is 1. The van der Waals surface area contributed by atoms with Crippen molar-refractivity contribution in [3.8, 4) is 11.4 Å². The van der Waals surface area contributed by atoms with E-state index in [0.717, 1.165) is 25.2 Å². The Morgan fingerprint density at radius 2 is 1.93 bits per heavy atom. The van der Waals surface area contributed by atoms with Gasteiger partial charge in [-0.1, -0.05) is 6.92 Å². The molecule has 2 fully saturated rings. The number of anilines is 1. The second-order valence-corrected chi connectivity index (χ2v) is 9.17. The molecule has 160 valence electrons. The molecule has 2 amide bonds. The van der Waals surface area contributed by atoms with Crippen LogP contribution >= 0.6 is 0 Å². The topological polar surface area (TPSA) is 78.4 Å². The number of urea groups is 1. The highest BCUT2D eigenvalue weighted by Gasteiger charge is 2.64. The van der Waals surface area contributed by atoms with Crippen LogP contribution in [0.3, 0.4) is 0 Å². The summed E-state index contributed by atoms with van der Waals surface area (Å²) in [6.45, 7) is 7.26. The Labute approximate surface area is 174 Å². The van der Waals surface area contributed by atoms with Crippen molar-refractivity contribution in [2.75, 3.05) is 5.32 Å². The number of halogens is 2. The average Bonchev–Trinajstić information content (AvgIpc) is 2.63. The number of carbonyl (C=O) groups excluding carboxylic acids is 1. The van der Waals surface area contributed by atoms with E-state index in [2.05, 4.69) is 22.2 Å². The molecule has 2 N–H and O–H groups in total. The Hall–Kier alpha value is -2.61. The van der Waals surface area contributed by atoms with Crippen molar-refractivity contribution in [3.63, 3.8) is 0 Å². The average molecular weight is 416 g/mol. The van der Waals surface area contributed by atoms with Crippen LogP contribution in [0.2, 0.25) is 0 Å². The minimum atomic E-state index is -1.07. The van der Waals surface area contributed by atoms with Crippen LogP contribution in [0, 0.1) is 24.5 Å². The zero-order valence-electron chi connectivity index (χ0n) is 17.5. The van der Waals surface area contributed by atoms with Crippen LogP contribution in [0.1, 0.15) is 45.6 Å². The SMILES string of the molecule is Cc1cc(F)c(NC(=O)N2C3C[C@@H](C)CC2(C(C)(C)O)C3)cc1-c1ncc(F)cn1. The second-order valence-electron chi connectivity index (χ2n) is 9.17. The summed E-state index contributed by atoms with van der Waals surface area (Å²) in [5, 5.41) is 13.5. The molecule has 30 heavy (non-hydrogen) atoms. The molecule has 1 aromatic heterocycles. The lowest BCUT2D eigenvalue weighted by molar-refractivity contribution is -0.189. The van der Waals surface area contributed by atoms with Crippen molar-refractivity contribution in [1.29, 1.82) is 0 Å². The van der Waals surface area contributed by atoms with Gasteiger partial charge in [-0.3, -0.25) is 0 Å². The third-order valence-corrected chi connectivity index (χ3v) is 6.53. The van der Waals surface area contributed by atoms with Gasteiger partial charge in [-0.25, -0.2) is 23.5 Å². The van der Waals surface area contributed by atoms with Gasteiger partial charge in [0.2, 0.25) is 0 Å². The molecule has 8 heteroatoms. The van der Waals surface area contributed by atoms with Crippen molar-refractivity contribution in [2.45, 2.75) is 64.1 Å². The molecule has 3 atom stereocenters. The van der Waals surface area contributed by atoms with E-state index in [0.29, 0.717) is 23.5 Å². The van der Waals surface area contributed by atoms with Crippen molar-refractivity contribution in [1.82, 2.24) is 14.9 Å². The summed E-state index contributed by atoms with van der Waals surface area (Å²) in [7, 11) is 0. The number of rotatable bonds is 3. The zero-order valence-corrected chi connectivity index (χ0v) is 17.5. The molecule has 2 unspecified atom stereocenters. The van der Waals surface area contributed by atoms with E-state index in [-0.39, 0.29) is 17.6 Å². The fourth-order valence-corrected chi connectivity index (χ4v) is 5.10. The van der Waals surface area contributed by atoms with Gasteiger partial charge < -0.3 is 15.3 Å². The van der Waals surface area contributed by atoms with Gasteiger partial charge in [0.1, 0.15) is 5.82 Å². The molecule has 0 radical (unpaired) electrons. The van der Waals surface area contributed by atoms with Gasteiger partial charge in [0.05, 0.1) is 29.2 Å². The maximum Gasteiger partial charge on any atom is 0.322 e. The van der Waals surface area contributed by atoms with E-state index in [4.69, 9.17) is 0 Å². The quantitative estimate of drug-likeness (QED) is 0.783. The van der Waals surface area contributed by atoms with Crippen molar-refractivity contribution >= 4 is 11.7 Å². The molecule has 0 spiro atoms. The third kappa shape index (κ3) is 3.23. The van der Waals surface area contributed by atoms with Crippen LogP contribution in [0.4, 0.5) is 19.3 Å². The number of aryl methyl sites for hydroxylation is 1. The number of benzene rings is 1. The molecule has 2 aromatic rings. The molecule has 0 saturated carbocycles. The monoisotopic (exact) mass is 416 g/mol. The largest absolute Gasteiger partial charge is 0.388 e. The normalized spacial score (nSPS) is 25.6. The van der Waals surface area contributed by atoms with Crippen molar-refractivity contribution < 1.29 is 18.7 Å². The Bertz CT molecular complexity index is 990. The van der Waals surface area contributed by atoms with E-state index < -0.39 is 28.8 Å². The molecule has 3 heterocycles. The third-order valence-electron chi connectivity index (χ3n) is 6.53. The fraction of sp³-hybridized carbons (Fsp3) is 0.500. The minimum Gasteiger partial charge on any atom is -0.388 e. The summed E-state index contributed by atoms with van der Waals surface area (Å²) in [5.41, 5.74) is -0.670. The first kappa shape index (κ1) is 20.7. The summed E-state index contributed by atoms with van der Waals surface area (Å²) >= 11 is 0. The van der Waals surface area contributed by atoms with Crippen LogP contribution in [0.15, 0.2) is 24.5 Å². The first-order valence-corrected chi connectivity index (χ1v) is 10.1. The van der Waals surface area contributed by atoms with E-state index in [1.165, 1.54) is 12.1 Å². The van der Waals surface area contributed by atoms with E-state index >= 15 is 0 Å². The van der Waals surface area contributed by atoms with E-state index in [9.17, 15) is 18.7 Å². The lowest BCUT2D eigenvalue weighted by Crippen LogP contribution is -2.79. The van der Waals surface area contributed by atoms with Crippen LogP contribution in [0.25, 0.3) is 11.4 Å². The van der Waals surface area contributed by atoms with Crippen molar-refractivity contribution in [3.05, 3.63) is 41.7 Å². The highest BCUT2D eigenvalue weighted by atomic mass is 19.1. The van der Waals surface area contributed by atoms with Gasteiger partial charge in [-0.15, -0.1) is 0 Å². The summed E-state index contributed by atoms with van der Waals surface area (Å²) in [4.78, 5) is 22.7. The second kappa shape index (κ2) is 6.97. The molecule has 2 saturated heterocycles. The predicted molar refractivity (Wildman–Crippen MR) is 109 cm³/mol. The van der Waals surface area contributed by atoms with Gasteiger partial charge in [-0.05, 0) is 63.6 Å². The highest BCUT2D eigenvalue weighted by Crippen LogP contribution is 2.55. The first-order valence-electron chi connectivity index (χ1n) is 10.1. The van der Waals surface area contributed by atoms with Crippen LogP contribution in [-0.2, 0) is 0 Å². The number of amides is 2. The van der Waals surface area contributed by atoms with Crippen molar-refractivity contribution in [2.24, 2.45) is 5.92 Å². The molecule has 0 aliphatic carbocycles. The van der Waals surface area contributed by atoms with E-state index in [1.807, 2.05) is 0 Å². The van der Waals surface area contributed by atoms with Gasteiger partial charge in [0.25, 0.3) is 0 Å². The summed E-state index contributed by atoms with van der Waals surface area (Å²) < 4.78 is 27.8. The highest BCUT2D eigenvalue weighted by molar-refractivity contribution is 5.92. The van der Waals surface area contributed by atoms with Gasteiger partial charge in [-0.2, -0.15) is 0 Å². The molecule has 1 aromatic carbocycles. The number of aliphatic hydroxyl groups is 1. The number of piperidine rings is 1. The molecule has 6 nitrogen and oxygen atoms in total. The van der Waals surface area contributed by atoms with E-state index in [1.54, 1.807) is 25.7 Å². The summed E-state index contributed by atoms with van der Waals surface area (Å²) in [6, 6.07) is 2.34. The summed E-state index contributed by atoms with van der Waals surface area (Å²) in [6.07, 6.45) is 4.37. The number of fused-ring (bicyclic) bond motifs is 2. The van der Waals surface area contributed by atoms with Crippen LogP contribution in [-0.4, -0.2) is 43.2 Å². The predicted octanol–water partition coefficient (Wildman–Crippen LogP) is 4.28. The molecule has 4 rings (SSSR count). The Kier molecular flexibility index (Phi) is 4.80. The lowest BCUT2D eigenvalue weighted by atomic mass is 9.58. The Morgan fingerprint density at radius 3 is 2.57 bits per heavy atom. The van der Waals surface area contributed by atoms with Gasteiger partial charge in [0, 0.05) is 11.6 Å². The molecule has 2 bridgehead atoms. The maximum atomic E-state index is 14.7. The lowest BCUT2D eigenvalue weighted by Gasteiger charge is -2.67. The zero-order chi connectivity index (χ0) is 21.8. The molecular weight excluding hydrogens is 390 g/mol. The Balaban J connectivity index is 1.64. The summed E-state index contributed by atoms with van der Waals surface area (Å²) in [5.74, 6) is -0.504. The number of hydrogen-bond acceptors (Lipinski definition) is 4. The Morgan fingerprint density at radius 1 is 1.27 bits per heavy atom. The maximum absolute atomic E-state index is 14.7. The van der Waals surface area contributed by atoms with Gasteiger partial charge >= 0.3 is 6.03 Å². The fourth-order valence-electron chi connectivity index (χ4n) is 5.10. The number of nitrogens with one attached hydrogen (secondary N) is 1. The molecular formula is C22H26F2N4O2. The standard InChI is InChI=1S/C22H26F2N4O2/c1-12-5-15-9-22(8-12,21(3,4)30)28(15)20(29)27-18-7-16(13(2)6-17(18)24)19-25-10-14(23)11-26-19/h6-7,10-12,15,30H,5,8-9H2,1-4H3,(H,27,29)/t12-,15?,22?/m1/s1. The van der Waals surface area contributed by atoms with Crippen LogP contribution in [0.5, 0.6) is 0 Å². The molecule has 2 aliphatic rings. The minimum absolute atomic E-state index is 0.00237. The van der Waals surface area contributed by atoms with Gasteiger partial charge in [0.15, 0.2) is 11.6 Å². The number of aromatic nitrogens is 2. The first-order chi connectivity index (χ1) is 14.0. The van der Waals surface area contributed by atoms with Crippen LogP contribution < -0.4 is 5.32 Å². The number of nitrogens with zero attached hydrogens (tertiary/aromatic N) is 3. The smallest absolute Gasteiger partial charge is 0.322 e. The molecule has 2 aliphatic heterocycles. The number of hydrogen-bond donors (Lipinski definition) is 2.